The molecular formula is C24H18Cl2N4O4. The molecule has 0 fully saturated rings. The number of hydrogen-bond acceptors (Lipinski definition) is 6. The number of rotatable bonds is 7. The first-order chi connectivity index (χ1) is 16.4. The monoisotopic (exact) mass is 496 g/mol. The number of halogens is 2. The molecule has 3 heterocycles. The van der Waals surface area contributed by atoms with E-state index in [1.54, 1.807) is 17.0 Å². The van der Waals surface area contributed by atoms with E-state index in [1.165, 1.54) is 18.3 Å². The highest BCUT2D eigenvalue weighted by Gasteiger charge is 2.15. The van der Waals surface area contributed by atoms with E-state index >= 15 is 0 Å². The summed E-state index contributed by atoms with van der Waals surface area (Å²) in [6.45, 7) is 1.32. The van der Waals surface area contributed by atoms with E-state index in [0.717, 1.165) is 11.4 Å². The SMILES string of the molecule is Cc1ccc(-c2nn(-c3ccccc3)cc2C=CC(=O)OCC(=O)Nc2ncc(Cl)cc2Cl)o1. The summed E-state index contributed by atoms with van der Waals surface area (Å²) in [5, 5.41) is 7.56. The van der Waals surface area contributed by atoms with Crippen molar-refractivity contribution in [2.24, 2.45) is 0 Å². The molecule has 1 amide bonds. The Hall–Kier alpha value is -3.88. The van der Waals surface area contributed by atoms with Gasteiger partial charge in [0.05, 0.1) is 15.7 Å². The fraction of sp³-hybridized carbons (Fsp3) is 0.0833. The summed E-state index contributed by atoms with van der Waals surface area (Å²) in [4.78, 5) is 28.2. The van der Waals surface area contributed by atoms with Gasteiger partial charge in [0.1, 0.15) is 11.5 Å². The van der Waals surface area contributed by atoms with Crippen LogP contribution in [0.1, 0.15) is 11.3 Å². The minimum Gasteiger partial charge on any atom is -0.460 e. The molecule has 10 heteroatoms. The van der Waals surface area contributed by atoms with E-state index in [-0.39, 0.29) is 10.8 Å². The number of aromatic nitrogens is 3. The lowest BCUT2D eigenvalue weighted by atomic mass is 10.2. The Morgan fingerprint density at radius 1 is 1.18 bits per heavy atom. The lowest BCUT2D eigenvalue weighted by Gasteiger charge is -2.06. The number of benzene rings is 1. The lowest BCUT2D eigenvalue weighted by Crippen LogP contribution is -2.20. The zero-order valence-electron chi connectivity index (χ0n) is 17.9. The summed E-state index contributed by atoms with van der Waals surface area (Å²) in [6, 6.07) is 14.6. The molecule has 8 nitrogen and oxygen atoms in total. The Morgan fingerprint density at radius 2 is 1.97 bits per heavy atom. The van der Waals surface area contributed by atoms with Gasteiger partial charge in [0, 0.05) is 24.0 Å². The molecule has 4 rings (SSSR count). The molecule has 4 aromatic rings. The average Bonchev–Trinajstić information content (AvgIpc) is 3.45. The number of anilines is 1. The molecule has 1 N–H and O–H groups in total. The second kappa shape index (κ2) is 10.4. The zero-order valence-corrected chi connectivity index (χ0v) is 19.4. The van der Waals surface area contributed by atoms with Crippen molar-refractivity contribution in [3.63, 3.8) is 0 Å². The number of carbonyl (C=O) groups excluding carboxylic acids is 2. The first-order valence-corrected chi connectivity index (χ1v) is 10.8. The van der Waals surface area contributed by atoms with Crippen LogP contribution in [-0.4, -0.2) is 33.2 Å². The largest absolute Gasteiger partial charge is 0.460 e. The quantitative estimate of drug-likeness (QED) is 0.274. The Kier molecular flexibility index (Phi) is 7.10. The normalized spacial score (nSPS) is 11.0. The fourth-order valence-corrected chi connectivity index (χ4v) is 3.42. The maximum Gasteiger partial charge on any atom is 0.331 e. The van der Waals surface area contributed by atoms with Crippen molar-refractivity contribution in [2.75, 3.05) is 11.9 Å². The molecule has 172 valence electrons. The van der Waals surface area contributed by atoms with Crippen LogP contribution in [0.3, 0.4) is 0 Å². The van der Waals surface area contributed by atoms with Gasteiger partial charge in [-0.05, 0) is 43.3 Å². The smallest absolute Gasteiger partial charge is 0.331 e. The number of esters is 1. The molecule has 0 aliphatic heterocycles. The summed E-state index contributed by atoms with van der Waals surface area (Å²) in [7, 11) is 0. The molecule has 0 aliphatic rings. The van der Waals surface area contributed by atoms with E-state index < -0.39 is 18.5 Å². The number of para-hydroxylation sites is 1. The molecule has 3 aromatic heterocycles. The van der Waals surface area contributed by atoms with Gasteiger partial charge in [-0.25, -0.2) is 14.5 Å². The maximum absolute atomic E-state index is 12.2. The second-order valence-corrected chi connectivity index (χ2v) is 7.94. The molecule has 0 radical (unpaired) electrons. The average molecular weight is 497 g/mol. The van der Waals surface area contributed by atoms with Crippen LogP contribution < -0.4 is 5.32 Å². The lowest BCUT2D eigenvalue weighted by molar-refractivity contribution is -0.142. The van der Waals surface area contributed by atoms with E-state index in [4.69, 9.17) is 32.4 Å². The van der Waals surface area contributed by atoms with Crippen molar-refractivity contribution in [1.82, 2.24) is 14.8 Å². The van der Waals surface area contributed by atoms with E-state index in [1.807, 2.05) is 49.4 Å². The topological polar surface area (TPSA) is 99.2 Å². The van der Waals surface area contributed by atoms with Gasteiger partial charge in [-0.1, -0.05) is 41.4 Å². The summed E-state index contributed by atoms with van der Waals surface area (Å²) in [6.07, 6.45) is 5.88. The predicted octanol–water partition coefficient (Wildman–Crippen LogP) is 5.34. The molecule has 0 bridgehead atoms. The van der Waals surface area contributed by atoms with Gasteiger partial charge in [0.15, 0.2) is 18.2 Å². The Morgan fingerprint density at radius 3 is 2.68 bits per heavy atom. The van der Waals surface area contributed by atoms with Crippen LogP contribution in [0.4, 0.5) is 5.82 Å². The molecule has 0 unspecified atom stereocenters. The first kappa shape index (κ1) is 23.3. The van der Waals surface area contributed by atoms with Gasteiger partial charge in [-0.2, -0.15) is 5.10 Å². The third-order valence-electron chi connectivity index (χ3n) is 4.55. The van der Waals surface area contributed by atoms with E-state index in [9.17, 15) is 9.59 Å². The predicted molar refractivity (Wildman–Crippen MR) is 129 cm³/mol. The van der Waals surface area contributed by atoms with Gasteiger partial charge in [0.25, 0.3) is 5.91 Å². The number of carbonyl (C=O) groups is 2. The third kappa shape index (κ3) is 5.72. The molecular weight excluding hydrogens is 479 g/mol. The summed E-state index contributed by atoms with van der Waals surface area (Å²) >= 11 is 11.8. The summed E-state index contributed by atoms with van der Waals surface area (Å²) in [5.74, 6) is 0.114. The highest BCUT2D eigenvalue weighted by atomic mass is 35.5. The van der Waals surface area contributed by atoms with Crippen LogP contribution in [0.2, 0.25) is 10.0 Å². The van der Waals surface area contributed by atoms with Crippen LogP contribution in [0.5, 0.6) is 0 Å². The number of amides is 1. The van der Waals surface area contributed by atoms with Gasteiger partial charge < -0.3 is 14.5 Å². The van der Waals surface area contributed by atoms with Crippen molar-refractivity contribution in [2.45, 2.75) is 6.92 Å². The van der Waals surface area contributed by atoms with Crippen molar-refractivity contribution in [3.8, 4) is 17.1 Å². The standard InChI is InChI=1S/C24H18Cl2N4O4/c1-15-7-9-20(34-15)23-16(13-30(29-23)18-5-3-2-4-6-18)8-10-22(32)33-14-21(31)28-24-19(26)11-17(25)12-27-24/h2-13H,14H2,1H3,(H,27,28,31). The Bertz CT molecular complexity index is 1360. The van der Waals surface area contributed by atoms with Gasteiger partial charge >= 0.3 is 5.97 Å². The molecule has 0 saturated heterocycles. The fourth-order valence-electron chi connectivity index (χ4n) is 2.99. The van der Waals surface area contributed by atoms with Crippen LogP contribution >= 0.6 is 23.2 Å². The van der Waals surface area contributed by atoms with Crippen LogP contribution in [0.15, 0.2) is 71.4 Å². The van der Waals surface area contributed by atoms with E-state index in [2.05, 4.69) is 15.4 Å². The first-order valence-electron chi connectivity index (χ1n) is 10.1. The number of nitrogens with one attached hydrogen (secondary N) is 1. The molecule has 0 aliphatic carbocycles. The number of hydrogen-bond donors (Lipinski definition) is 1. The van der Waals surface area contributed by atoms with Crippen LogP contribution in [-0.2, 0) is 14.3 Å². The molecule has 1 aromatic carbocycles. The minimum absolute atomic E-state index is 0.120. The molecule has 0 atom stereocenters. The Balaban J connectivity index is 1.45. The van der Waals surface area contributed by atoms with Crippen molar-refractivity contribution >= 4 is 47.0 Å². The third-order valence-corrected chi connectivity index (χ3v) is 5.04. The molecule has 34 heavy (non-hydrogen) atoms. The van der Waals surface area contributed by atoms with Gasteiger partial charge in [-0.3, -0.25) is 4.79 Å². The Labute approximate surface area is 204 Å². The minimum atomic E-state index is -0.709. The van der Waals surface area contributed by atoms with Gasteiger partial charge in [0.2, 0.25) is 0 Å². The number of nitrogens with zero attached hydrogens (tertiary/aromatic N) is 3. The second-order valence-electron chi connectivity index (χ2n) is 7.10. The highest BCUT2D eigenvalue weighted by Crippen LogP contribution is 2.27. The number of aryl methyl sites for hydroxylation is 1. The summed E-state index contributed by atoms with van der Waals surface area (Å²) in [5.41, 5.74) is 2.04. The number of furan rings is 1. The van der Waals surface area contributed by atoms with Crippen molar-refractivity contribution in [1.29, 1.82) is 0 Å². The van der Waals surface area contributed by atoms with Crippen LogP contribution in [0.25, 0.3) is 23.2 Å². The van der Waals surface area contributed by atoms with Crippen LogP contribution in [0, 0.1) is 6.92 Å². The zero-order chi connectivity index (χ0) is 24.1. The van der Waals surface area contributed by atoms with Crippen molar-refractivity contribution < 1.29 is 18.7 Å². The van der Waals surface area contributed by atoms with E-state index in [0.29, 0.717) is 22.0 Å². The van der Waals surface area contributed by atoms with Gasteiger partial charge in [-0.15, -0.1) is 0 Å². The van der Waals surface area contributed by atoms with Crippen molar-refractivity contribution in [3.05, 3.63) is 88.4 Å². The molecule has 0 saturated carbocycles. The number of ether oxygens (including phenoxy) is 1. The number of pyridine rings is 1. The summed E-state index contributed by atoms with van der Waals surface area (Å²) < 4.78 is 12.4. The maximum atomic E-state index is 12.2. The highest BCUT2D eigenvalue weighted by molar-refractivity contribution is 6.36. The molecule has 0 spiro atoms.